The van der Waals surface area contributed by atoms with Gasteiger partial charge in [0.2, 0.25) is 5.91 Å². The molecule has 1 N–H and O–H groups in total. The van der Waals surface area contributed by atoms with Crippen LogP contribution >= 0.6 is 0 Å². The Hall–Kier alpha value is -0.570. The number of amides is 1. The molecule has 1 amide bonds. The van der Waals surface area contributed by atoms with Crippen LogP contribution in [0.3, 0.4) is 0 Å². The van der Waals surface area contributed by atoms with E-state index in [1.54, 1.807) is 6.92 Å². The summed E-state index contributed by atoms with van der Waals surface area (Å²) in [7, 11) is 0. The van der Waals surface area contributed by atoms with Gasteiger partial charge in [-0.15, -0.1) is 0 Å². The predicted octanol–water partition coefficient (Wildman–Crippen LogP) is 3.05. The van der Waals surface area contributed by atoms with Crippen LogP contribution in [0, 0.1) is 11.8 Å². The van der Waals surface area contributed by atoms with Crippen LogP contribution in [0.25, 0.3) is 0 Å². The highest BCUT2D eigenvalue weighted by Crippen LogP contribution is 2.22. The molecule has 0 radical (unpaired) electrons. The average Bonchev–Trinajstić information content (AvgIpc) is 2.35. The van der Waals surface area contributed by atoms with Crippen LogP contribution in [0.15, 0.2) is 0 Å². The number of likely N-dealkylation sites (tertiary alicyclic amines) is 1. The monoisotopic (exact) mass is 268 g/mol. The van der Waals surface area contributed by atoms with Crippen LogP contribution in [0.4, 0.5) is 0 Å². The molecule has 0 aromatic heterocycles. The van der Waals surface area contributed by atoms with Crippen LogP contribution in [0.5, 0.6) is 0 Å². The van der Waals surface area contributed by atoms with Crippen molar-refractivity contribution < 1.29 is 4.79 Å². The Labute approximate surface area is 119 Å². The zero-order valence-corrected chi connectivity index (χ0v) is 13.2. The molecule has 3 nitrogen and oxygen atoms in total. The van der Waals surface area contributed by atoms with Crippen LogP contribution in [-0.2, 0) is 4.79 Å². The van der Waals surface area contributed by atoms with Crippen LogP contribution in [0.1, 0.15) is 59.8 Å². The number of hydrogen-bond acceptors (Lipinski definition) is 2. The van der Waals surface area contributed by atoms with Gasteiger partial charge in [-0.05, 0) is 37.6 Å². The fourth-order valence-electron chi connectivity index (χ4n) is 2.89. The Morgan fingerprint density at radius 1 is 1.37 bits per heavy atom. The molecule has 19 heavy (non-hydrogen) atoms. The highest BCUT2D eigenvalue weighted by molar-refractivity contribution is 5.73. The predicted molar refractivity (Wildman–Crippen MR) is 81.1 cm³/mol. The number of hydrogen-bond donors (Lipinski definition) is 1. The summed E-state index contributed by atoms with van der Waals surface area (Å²) in [6.07, 6.45) is 6.26. The van der Waals surface area contributed by atoms with E-state index in [0.717, 1.165) is 25.6 Å². The van der Waals surface area contributed by atoms with Crippen LogP contribution < -0.4 is 5.32 Å². The highest BCUT2D eigenvalue weighted by Gasteiger charge is 2.27. The molecule has 2 atom stereocenters. The molecule has 1 aliphatic heterocycles. The molecule has 1 aliphatic rings. The molecule has 112 valence electrons. The smallest absolute Gasteiger partial charge is 0.219 e. The summed E-state index contributed by atoms with van der Waals surface area (Å²) < 4.78 is 0. The van der Waals surface area contributed by atoms with E-state index in [4.69, 9.17) is 0 Å². The average molecular weight is 268 g/mol. The number of rotatable bonds is 7. The molecule has 0 aromatic carbocycles. The van der Waals surface area contributed by atoms with E-state index in [9.17, 15) is 4.79 Å². The Balaban J connectivity index is 2.42. The lowest BCUT2D eigenvalue weighted by atomic mass is 9.89. The maximum Gasteiger partial charge on any atom is 0.219 e. The van der Waals surface area contributed by atoms with Gasteiger partial charge in [-0.2, -0.15) is 0 Å². The summed E-state index contributed by atoms with van der Waals surface area (Å²) >= 11 is 0. The summed E-state index contributed by atoms with van der Waals surface area (Å²) in [5.74, 6) is 1.67. The van der Waals surface area contributed by atoms with Crippen LogP contribution in [-0.4, -0.2) is 36.5 Å². The molecule has 0 bridgehead atoms. The number of carbonyl (C=O) groups is 1. The summed E-state index contributed by atoms with van der Waals surface area (Å²) in [4.78, 5) is 13.7. The number of unbranched alkanes of at least 4 members (excludes halogenated alkanes) is 1. The minimum atomic E-state index is 0.233. The quantitative estimate of drug-likeness (QED) is 0.769. The van der Waals surface area contributed by atoms with Gasteiger partial charge in [0.15, 0.2) is 0 Å². The third-order valence-corrected chi connectivity index (χ3v) is 4.10. The maximum atomic E-state index is 11.6. The Morgan fingerprint density at radius 3 is 2.68 bits per heavy atom. The van der Waals surface area contributed by atoms with E-state index in [1.165, 1.54) is 32.1 Å². The standard InChI is InChI=1S/C16H32N2O/c1-5-6-7-15-10-16(17-9-8-13(2)3)12-18(11-15)14(4)19/h13,15-17H,5-12H2,1-4H3. The van der Waals surface area contributed by atoms with E-state index >= 15 is 0 Å². The van der Waals surface area contributed by atoms with Gasteiger partial charge in [-0.1, -0.05) is 33.6 Å². The second-order valence-corrected chi connectivity index (χ2v) is 6.50. The molecule has 1 fully saturated rings. The highest BCUT2D eigenvalue weighted by atomic mass is 16.2. The van der Waals surface area contributed by atoms with E-state index in [0.29, 0.717) is 12.0 Å². The first-order valence-corrected chi connectivity index (χ1v) is 8.01. The van der Waals surface area contributed by atoms with E-state index in [-0.39, 0.29) is 5.91 Å². The molecule has 0 spiro atoms. The molecule has 1 rings (SSSR count). The van der Waals surface area contributed by atoms with Gasteiger partial charge in [0.25, 0.3) is 0 Å². The van der Waals surface area contributed by atoms with E-state index in [1.807, 2.05) is 4.90 Å². The number of carbonyl (C=O) groups excluding carboxylic acids is 1. The SMILES string of the molecule is CCCCC1CC(NCCC(C)C)CN(C(C)=O)C1. The fraction of sp³-hybridized carbons (Fsp3) is 0.938. The van der Waals surface area contributed by atoms with Gasteiger partial charge in [-0.3, -0.25) is 4.79 Å². The van der Waals surface area contributed by atoms with Crippen molar-refractivity contribution >= 4 is 5.91 Å². The normalized spacial score (nSPS) is 23.9. The Morgan fingerprint density at radius 2 is 2.11 bits per heavy atom. The van der Waals surface area contributed by atoms with Gasteiger partial charge >= 0.3 is 0 Å². The minimum absolute atomic E-state index is 0.233. The number of piperidine rings is 1. The Bertz CT molecular complexity index is 265. The van der Waals surface area contributed by atoms with Gasteiger partial charge in [0.1, 0.15) is 0 Å². The van der Waals surface area contributed by atoms with Gasteiger partial charge in [-0.25, -0.2) is 0 Å². The van der Waals surface area contributed by atoms with Crippen molar-refractivity contribution in [1.82, 2.24) is 10.2 Å². The molecule has 0 saturated carbocycles. The lowest BCUT2D eigenvalue weighted by molar-refractivity contribution is -0.131. The van der Waals surface area contributed by atoms with Gasteiger partial charge in [0.05, 0.1) is 0 Å². The maximum absolute atomic E-state index is 11.6. The van der Waals surface area contributed by atoms with Crippen molar-refractivity contribution in [2.45, 2.75) is 65.8 Å². The first-order valence-electron chi connectivity index (χ1n) is 8.01. The molecule has 0 aliphatic carbocycles. The molecule has 0 aromatic rings. The second-order valence-electron chi connectivity index (χ2n) is 6.50. The Kier molecular flexibility index (Phi) is 7.44. The first kappa shape index (κ1) is 16.5. The van der Waals surface area contributed by atoms with Crippen molar-refractivity contribution in [2.24, 2.45) is 11.8 Å². The number of nitrogens with one attached hydrogen (secondary N) is 1. The van der Waals surface area contributed by atoms with Crippen molar-refractivity contribution in [2.75, 3.05) is 19.6 Å². The molecule has 2 unspecified atom stereocenters. The van der Waals surface area contributed by atoms with Gasteiger partial charge in [0, 0.05) is 26.1 Å². The molecule has 1 heterocycles. The lowest BCUT2D eigenvalue weighted by Crippen LogP contribution is -2.51. The summed E-state index contributed by atoms with van der Waals surface area (Å²) in [6, 6.07) is 0.498. The van der Waals surface area contributed by atoms with E-state index < -0.39 is 0 Å². The summed E-state index contributed by atoms with van der Waals surface area (Å²) in [5.41, 5.74) is 0. The van der Waals surface area contributed by atoms with Crippen molar-refractivity contribution in [3.8, 4) is 0 Å². The van der Waals surface area contributed by atoms with Crippen molar-refractivity contribution in [3.05, 3.63) is 0 Å². The molecular formula is C16H32N2O. The summed E-state index contributed by atoms with van der Waals surface area (Å²) in [5, 5.41) is 3.65. The second kappa shape index (κ2) is 8.57. The first-order chi connectivity index (χ1) is 9.02. The largest absolute Gasteiger partial charge is 0.341 e. The van der Waals surface area contributed by atoms with Crippen molar-refractivity contribution in [3.63, 3.8) is 0 Å². The zero-order valence-electron chi connectivity index (χ0n) is 13.2. The molecule has 3 heteroatoms. The van der Waals surface area contributed by atoms with Gasteiger partial charge < -0.3 is 10.2 Å². The molecule has 1 saturated heterocycles. The van der Waals surface area contributed by atoms with Crippen LogP contribution in [0.2, 0.25) is 0 Å². The topological polar surface area (TPSA) is 32.3 Å². The fourth-order valence-corrected chi connectivity index (χ4v) is 2.89. The third kappa shape index (κ3) is 6.42. The lowest BCUT2D eigenvalue weighted by Gasteiger charge is -2.38. The van der Waals surface area contributed by atoms with Crippen molar-refractivity contribution in [1.29, 1.82) is 0 Å². The number of nitrogens with zero attached hydrogens (tertiary/aromatic N) is 1. The molecular weight excluding hydrogens is 236 g/mol. The van der Waals surface area contributed by atoms with E-state index in [2.05, 4.69) is 26.1 Å². The zero-order chi connectivity index (χ0) is 14.3. The minimum Gasteiger partial charge on any atom is -0.341 e. The third-order valence-electron chi connectivity index (χ3n) is 4.10. The summed E-state index contributed by atoms with van der Waals surface area (Å²) in [6.45, 7) is 11.4.